The van der Waals surface area contributed by atoms with Gasteiger partial charge in [0, 0.05) is 13.1 Å². The molecule has 21 heavy (non-hydrogen) atoms. The summed E-state index contributed by atoms with van der Waals surface area (Å²) in [6.45, 7) is 2.90. The highest BCUT2D eigenvalue weighted by atomic mass is 19.1. The van der Waals surface area contributed by atoms with Crippen molar-refractivity contribution in [1.29, 1.82) is 0 Å². The van der Waals surface area contributed by atoms with Crippen molar-refractivity contribution in [2.24, 2.45) is 5.41 Å². The average molecular weight is 291 g/mol. The molecule has 1 aromatic rings. The van der Waals surface area contributed by atoms with Crippen molar-refractivity contribution in [2.45, 2.75) is 45.1 Å². The summed E-state index contributed by atoms with van der Waals surface area (Å²) in [6, 6.07) is 4.48. The highest BCUT2D eigenvalue weighted by Crippen LogP contribution is 2.43. The smallest absolute Gasteiger partial charge is 0.338 e. The van der Waals surface area contributed by atoms with E-state index in [4.69, 9.17) is 5.11 Å². The van der Waals surface area contributed by atoms with E-state index in [2.05, 4.69) is 4.90 Å². The first-order valence-electron chi connectivity index (χ1n) is 7.82. The second kappa shape index (κ2) is 5.76. The number of carbonyl (C=O) groups is 1. The predicted octanol–water partition coefficient (Wildman–Crippen LogP) is 3.68. The van der Waals surface area contributed by atoms with Crippen LogP contribution in [-0.2, 0) is 6.54 Å². The maximum Gasteiger partial charge on any atom is 0.338 e. The van der Waals surface area contributed by atoms with Crippen LogP contribution in [-0.4, -0.2) is 29.1 Å². The zero-order valence-electron chi connectivity index (χ0n) is 12.3. The van der Waals surface area contributed by atoms with Crippen LogP contribution >= 0.6 is 0 Å². The van der Waals surface area contributed by atoms with Gasteiger partial charge in [-0.05, 0) is 48.9 Å². The molecule has 0 atom stereocenters. The maximum absolute atomic E-state index is 13.7. The van der Waals surface area contributed by atoms with Gasteiger partial charge in [0.15, 0.2) is 0 Å². The minimum atomic E-state index is -1.21. The molecule has 2 fully saturated rings. The fourth-order valence-corrected chi connectivity index (χ4v) is 3.96. The van der Waals surface area contributed by atoms with E-state index in [1.54, 1.807) is 6.07 Å². The SMILES string of the molecule is O=C(O)c1ccc(CN2CCC3(CCCCC3)C2)cc1F. The van der Waals surface area contributed by atoms with Gasteiger partial charge in [0.05, 0.1) is 5.56 Å². The summed E-state index contributed by atoms with van der Waals surface area (Å²) in [5.41, 5.74) is 1.12. The number of rotatable bonds is 3. The number of hydrogen-bond donors (Lipinski definition) is 1. The Morgan fingerprint density at radius 2 is 2.00 bits per heavy atom. The summed E-state index contributed by atoms with van der Waals surface area (Å²) >= 11 is 0. The monoisotopic (exact) mass is 291 g/mol. The number of hydrogen-bond acceptors (Lipinski definition) is 2. The summed E-state index contributed by atoms with van der Waals surface area (Å²) < 4.78 is 13.7. The number of aromatic carboxylic acids is 1. The minimum Gasteiger partial charge on any atom is -0.478 e. The molecule has 3 nitrogen and oxygen atoms in total. The third-order valence-electron chi connectivity index (χ3n) is 5.10. The standard InChI is InChI=1S/C17H22FNO2/c18-15-10-13(4-5-14(15)16(20)21)11-19-9-8-17(12-19)6-2-1-3-7-17/h4-5,10H,1-3,6-9,11-12H2,(H,20,21). The molecule has 114 valence electrons. The van der Waals surface area contributed by atoms with E-state index < -0.39 is 11.8 Å². The van der Waals surface area contributed by atoms with Crippen LogP contribution in [0.2, 0.25) is 0 Å². The summed E-state index contributed by atoms with van der Waals surface area (Å²) in [4.78, 5) is 13.2. The molecule has 0 aromatic heterocycles. The summed E-state index contributed by atoms with van der Waals surface area (Å²) in [6.07, 6.45) is 7.96. The fraction of sp³-hybridized carbons (Fsp3) is 0.588. The third kappa shape index (κ3) is 3.10. The Hall–Kier alpha value is -1.42. The first kappa shape index (κ1) is 14.5. The third-order valence-corrected chi connectivity index (χ3v) is 5.10. The highest BCUT2D eigenvalue weighted by molar-refractivity contribution is 5.87. The number of likely N-dealkylation sites (tertiary alicyclic amines) is 1. The van der Waals surface area contributed by atoms with Crippen molar-refractivity contribution in [3.8, 4) is 0 Å². The fourth-order valence-electron chi connectivity index (χ4n) is 3.96. The molecule has 1 aliphatic heterocycles. The molecule has 0 unspecified atom stereocenters. The molecule has 0 radical (unpaired) electrons. The van der Waals surface area contributed by atoms with Gasteiger partial charge in [0.25, 0.3) is 0 Å². The number of benzene rings is 1. The topological polar surface area (TPSA) is 40.5 Å². The zero-order valence-corrected chi connectivity index (χ0v) is 12.3. The Morgan fingerprint density at radius 1 is 1.24 bits per heavy atom. The van der Waals surface area contributed by atoms with Gasteiger partial charge in [0.1, 0.15) is 5.82 Å². The van der Waals surface area contributed by atoms with Crippen molar-refractivity contribution in [1.82, 2.24) is 4.90 Å². The molecular weight excluding hydrogens is 269 g/mol. The van der Waals surface area contributed by atoms with Gasteiger partial charge in [-0.2, -0.15) is 0 Å². The number of nitrogens with zero attached hydrogens (tertiary/aromatic N) is 1. The van der Waals surface area contributed by atoms with Crippen LogP contribution in [0, 0.1) is 11.2 Å². The summed E-state index contributed by atoms with van der Waals surface area (Å²) in [5, 5.41) is 8.86. The molecule has 4 heteroatoms. The quantitative estimate of drug-likeness (QED) is 0.923. The molecule has 2 aliphatic rings. The van der Waals surface area contributed by atoms with Gasteiger partial charge < -0.3 is 5.11 Å². The second-order valence-corrected chi connectivity index (χ2v) is 6.64. The lowest BCUT2D eigenvalue weighted by Crippen LogP contribution is -2.29. The van der Waals surface area contributed by atoms with E-state index >= 15 is 0 Å². The van der Waals surface area contributed by atoms with E-state index in [0.717, 1.165) is 25.2 Å². The average Bonchev–Trinajstić information content (AvgIpc) is 2.82. The maximum atomic E-state index is 13.7. The Morgan fingerprint density at radius 3 is 2.67 bits per heavy atom. The van der Waals surface area contributed by atoms with Gasteiger partial charge in [0.2, 0.25) is 0 Å². The molecule has 1 saturated carbocycles. The largest absolute Gasteiger partial charge is 0.478 e. The molecule has 1 saturated heterocycles. The van der Waals surface area contributed by atoms with E-state index in [1.165, 1.54) is 50.7 Å². The van der Waals surface area contributed by atoms with Crippen molar-refractivity contribution in [3.05, 3.63) is 35.1 Å². The molecule has 1 heterocycles. The van der Waals surface area contributed by atoms with Crippen molar-refractivity contribution in [2.75, 3.05) is 13.1 Å². The van der Waals surface area contributed by atoms with Gasteiger partial charge in [-0.15, -0.1) is 0 Å². The Balaban J connectivity index is 1.65. The lowest BCUT2D eigenvalue weighted by Gasteiger charge is -2.33. The van der Waals surface area contributed by atoms with Gasteiger partial charge >= 0.3 is 5.97 Å². The van der Waals surface area contributed by atoms with Crippen LogP contribution in [0.3, 0.4) is 0 Å². The molecule has 1 spiro atoms. The predicted molar refractivity (Wildman–Crippen MR) is 78.8 cm³/mol. The van der Waals surface area contributed by atoms with Crippen molar-refractivity contribution < 1.29 is 14.3 Å². The first-order chi connectivity index (χ1) is 10.1. The molecule has 0 amide bonds. The Bertz CT molecular complexity index is 538. The normalized spacial score (nSPS) is 21.8. The minimum absolute atomic E-state index is 0.246. The van der Waals surface area contributed by atoms with Crippen LogP contribution in [0.25, 0.3) is 0 Å². The molecule has 0 bridgehead atoms. The second-order valence-electron chi connectivity index (χ2n) is 6.64. The van der Waals surface area contributed by atoms with E-state index in [1.807, 2.05) is 0 Å². The molecule has 3 rings (SSSR count). The lowest BCUT2D eigenvalue weighted by atomic mass is 9.73. The van der Waals surface area contributed by atoms with Crippen LogP contribution in [0.4, 0.5) is 4.39 Å². The van der Waals surface area contributed by atoms with Gasteiger partial charge in [-0.3, -0.25) is 4.90 Å². The summed E-state index contributed by atoms with van der Waals surface area (Å²) in [7, 11) is 0. The Kier molecular flexibility index (Phi) is 3.98. The van der Waals surface area contributed by atoms with Crippen molar-refractivity contribution in [3.63, 3.8) is 0 Å². The Labute approximate surface area is 124 Å². The van der Waals surface area contributed by atoms with Crippen LogP contribution in [0.1, 0.15) is 54.4 Å². The lowest BCUT2D eigenvalue weighted by molar-refractivity contribution is 0.0692. The highest BCUT2D eigenvalue weighted by Gasteiger charge is 2.38. The van der Waals surface area contributed by atoms with Gasteiger partial charge in [-0.25, -0.2) is 9.18 Å². The van der Waals surface area contributed by atoms with Crippen LogP contribution < -0.4 is 0 Å². The number of carboxylic acid groups (broad SMARTS) is 1. The number of carboxylic acids is 1. The van der Waals surface area contributed by atoms with Gasteiger partial charge in [-0.1, -0.05) is 25.3 Å². The van der Waals surface area contributed by atoms with E-state index in [0.29, 0.717) is 5.41 Å². The molecule has 1 aliphatic carbocycles. The van der Waals surface area contributed by atoms with Crippen LogP contribution in [0.15, 0.2) is 18.2 Å². The molecule has 1 N–H and O–H groups in total. The molecule has 1 aromatic carbocycles. The number of halogens is 1. The van der Waals surface area contributed by atoms with E-state index in [9.17, 15) is 9.18 Å². The van der Waals surface area contributed by atoms with Crippen molar-refractivity contribution >= 4 is 5.97 Å². The zero-order chi connectivity index (χ0) is 14.9. The molecular formula is C17H22FNO2. The summed E-state index contributed by atoms with van der Waals surface area (Å²) in [5.74, 6) is -1.84. The first-order valence-corrected chi connectivity index (χ1v) is 7.82. The van der Waals surface area contributed by atoms with Crippen LogP contribution in [0.5, 0.6) is 0 Å². The van der Waals surface area contributed by atoms with E-state index in [-0.39, 0.29) is 5.56 Å².